The number of piperidine rings is 1. The summed E-state index contributed by atoms with van der Waals surface area (Å²) in [5.41, 5.74) is 0.178. The first kappa shape index (κ1) is 14.5. The molecule has 0 spiro atoms. The van der Waals surface area contributed by atoms with Gasteiger partial charge in [0.1, 0.15) is 5.82 Å². The molecule has 0 bridgehead atoms. The van der Waals surface area contributed by atoms with Crippen molar-refractivity contribution < 1.29 is 9.18 Å². The summed E-state index contributed by atoms with van der Waals surface area (Å²) in [6, 6.07) is 5.16. The molecular weight excluding hydrogens is 309 g/mol. The highest BCUT2D eigenvalue weighted by Crippen LogP contribution is 2.25. The van der Waals surface area contributed by atoms with Crippen LogP contribution in [-0.2, 0) is 0 Å². The van der Waals surface area contributed by atoms with Crippen LogP contribution in [0.15, 0.2) is 22.7 Å². The predicted octanol–water partition coefficient (Wildman–Crippen LogP) is 4.38. The fourth-order valence-corrected chi connectivity index (χ4v) is 3.09. The molecule has 1 heterocycles. The number of carbonyl (C=O) groups excluding carboxylic acids is 1. The lowest BCUT2D eigenvalue weighted by atomic mass is 9.97. The van der Waals surface area contributed by atoms with Crippen molar-refractivity contribution in [1.29, 1.82) is 0 Å². The highest BCUT2D eigenvalue weighted by Gasteiger charge is 2.28. The maximum atomic E-state index is 14.0. The summed E-state index contributed by atoms with van der Waals surface area (Å²) in [6.45, 7) is 2.87. The van der Waals surface area contributed by atoms with E-state index >= 15 is 0 Å². The zero-order chi connectivity index (χ0) is 13.8. The van der Waals surface area contributed by atoms with Gasteiger partial charge in [0.15, 0.2) is 0 Å². The third-order valence-electron chi connectivity index (χ3n) is 3.69. The second-order valence-electron chi connectivity index (χ2n) is 5.04. The number of likely N-dealkylation sites (tertiary alicyclic amines) is 1. The predicted molar refractivity (Wildman–Crippen MR) is 77.7 cm³/mol. The van der Waals surface area contributed by atoms with Gasteiger partial charge in [-0.05, 0) is 53.7 Å². The van der Waals surface area contributed by atoms with E-state index in [1.165, 1.54) is 0 Å². The van der Waals surface area contributed by atoms with E-state index in [1.54, 1.807) is 18.2 Å². The lowest BCUT2D eigenvalue weighted by Gasteiger charge is -2.36. The van der Waals surface area contributed by atoms with Crippen LogP contribution in [0, 0.1) is 5.82 Å². The minimum atomic E-state index is -0.451. The van der Waals surface area contributed by atoms with Gasteiger partial charge in [-0.1, -0.05) is 19.4 Å². The average molecular weight is 328 g/mol. The van der Waals surface area contributed by atoms with Crippen LogP contribution in [0.25, 0.3) is 0 Å². The molecule has 1 amide bonds. The highest BCUT2D eigenvalue weighted by molar-refractivity contribution is 9.10. The number of hydrogen-bond acceptors (Lipinski definition) is 1. The largest absolute Gasteiger partial charge is 0.336 e. The zero-order valence-corrected chi connectivity index (χ0v) is 12.7. The Morgan fingerprint density at radius 2 is 2.26 bits per heavy atom. The summed E-state index contributed by atoms with van der Waals surface area (Å²) < 4.78 is 14.4. The Bertz CT molecular complexity index is 461. The standard InChI is InChI=1S/C15H19BrFNO/c1-2-6-11-7-3-4-10-18(11)15(19)12-8-5-9-13(16)14(12)17/h5,8-9,11H,2-4,6-7,10H2,1H3. The number of halogens is 2. The molecule has 1 aliphatic heterocycles. The Morgan fingerprint density at radius 1 is 1.47 bits per heavy atom. The Labute approximate surface area is 122 Å². The molecule has 0 aliphatic carbocycles. The zero-order valence-electron chi connectivity index (χ0n) is 11.2. The molecule has 0 saturated carbocycles. The van der Waals surface area contributed by atoms with E-state index in [0.717, 1.165) is 38.6 Å². The van der Waals surface area contributed by atoms with Gasteiger partial charge < -0.3 is 4.90 Å². The second kappa shape index (κ2) is 6.51. The van der Waals surface area contributed by atoms with Gasteiger partial charge in [-0.25, -0.2) is 4.39 Å². The molecule has 104 valence electrons. The van der Waals surface area contributed by atoms with Crippen molar-refractivity contribution in [2.75, 3.05) is 6.54 Å². The van der Waals surface area contributed by atoms with Crippen molar-refractivity contribution in [2.45, 2.75) is 45.1 Å². The molecule has 1 aromatic rings. The SMILES string of the molecule is CCCC1CCCCN1C(=O)c1cccc(Br)c1F. The molecular formula is C15H19BrFNO. The Balaban J connectivity index is 2.23. The number of rotatable bonds is 3. The van der Waals surface area contributed by atoms with E-state index in [0.29, 0.717) is 4.47 Å². The molecule has 0 aromatic heterocycles. The maximum absolute atomic E-state index is 14.0. The van der Waals surface area contributed by atoms with E-state index in [1.807, 2.05) is 4.90 Å². The summed E-state index contributed by atoms with van der Waals surface area (Å²) >= 11 is 3.14. The second-order valence-corrected chi connectivity index (χ2v) is 5.89. The summed E-state index contributed by atoms with van der Waals surface area (Å²) in [7, 11) is 0. The van der Waals surface area contributed by atoms with Gasteiger partial charge in [0.2, 0.25) is 0 Å². The lowest BCUT2D eigenvalue weighted by molar-refractivity contribution is 0.0595. The molecule has 2 nitrogen and oxygen atoms in total. The van der Waals surface area contributed by atoms with Crippen molar-refractivity contribution in [2.24, 2.45) is 0 Å². The van der Waals surface area contributed by atoms with Crippen molar-refractivity contribution in [1.82, 2.24) is 4.90 Å². The highest BCUT2D eigenvalue weighted by atomic mass is 79.9. The Hall–Kier alpha value is -0.900. The van der Waals surface area contributed by atoms with Crippen LogP contribution in [0.5, 0.6) is 0 Å². The van der Waals surface area contributed by atoms with E-state index < -0.39 is 5.82 Å². The monoisotopic (exact) mass is 327 g/mol. The quantitative estimate of drug-likeness (QED) is 0.806. The van der Waals surface area contributed by atoms with Crippen LogP contribution in [0.2, 0.25) is 0 Å². The molecule has 1 saturated heterocycles. The van der Waals surface area contributed by atoms with Crippen LogP contribution in [0.4, 0.5) is 4.39 Å². The van der Waals surface area contributed by atoms with Gasteiger partial charge in [0.25, 0.3) is 5.91 Å². The summed E-state index contributed by atoms with van der Waals surface area (Å²) in [4.78, 5) is 14.4. The first-order valence-corrected chi connectivity index (χ1v) is 7.69. The maximum Gasteiger partial charge on any atom is 0.257 e. The Kier molecular flexibility index (Phi) is 4.97. The Morgan fingerprint density at radius 3 is 3.00 bits per heavy atom. The third kappa shape index (κ3) is 3.16. The lowest BCUT2D eigenvalue weighted by Crippen LogP contribution is -2.44. The van der Waals surface area contributed by atoms with E-state index in [-0.39, 0.29) is 17.5 Å². The fourth-order valence-electron chi connectivity index (χ4n) is 2.72. The normalized spacial score (nSPS) is 19.5. The van der Waals surface area contributed by atoms with Crippen LogP contribution in [0.1, 0.15) is 49.4 Å². The van der Waals surface area contributed by atoms with Crippen molar-refractivity contribution in [3.8, 4) is 0 Å². The van der Waals surface area contributed by atoms with Gasteiger partial charge in [0.05, 0.1) is 10.0 Å². The molecule has 19 heavy (non-hydrogen) atoms. The average Bonchev–Trinajstić information content (AvgIpc) is 2.42. The van der Waals surface area contributed by atoms with Gasteiger partial charge in [0, 0.05) is 12.6 Å². The number of nitrogens with zero attached hydrogens (tertiary/aromatic N) is 1. The topological polar surface area (TPSA) is 20.3 Å². The van der Waals surface area contributed by atoms with E-state index in [9.17, 15) is 9.18 Å². The molecule has 0 N–H and O–H groups in total. The van der Waals surface area contributed by atoms with Gasteiger partial charge in [-0.3, -0.25) is 4.79 Å². The van der Waals surface area contributed by atoms with Gasteiger partial charge in [-0.2, -0.15) is 0 Å². The first-order chi connectivity index (χ1) is 9.15. The molecule has 1 fully saturated rings. The summed E-state index contributed by atoms with van der Waals surface area (Å²) in [5, 5.41) is 0. The molecule has 1 aliphatic rings. The van der Waals surface area contributed by atoms with Crippen LogP contribution in [-0.4, -0.2) is 23.4 Å². The van der Waals surface area contributed by atoms with Crippen molar-refractivity contribution >= 4 is 21.8 Å². The number of benzene rings is 1. The first-order valence-electron chi connectivity index (χ1n) is 6.90. The third-order valence-corrected chi connectivity index (χ3v) is 4.30. The van der Waals surface area contributed by atoms with Gasteiger partial charge in [-0.15, -0.1) is 0 Å². The van der Waals surface area contributed by atoms with Crippen LogP contribution >= 0.6 is 15.9 Å². The molecule has 1 unspecified atom stereocenters. The number of amides is 1. The minimum Gasteiger partial charge on any atom is -0.336 e. The van der Waals surface area contributed by atoms with E-state index in [2.05, 4.69) is 22.9 Å². The van der Waals surface area contributed by atoms with E-state index in [4.69, 9.17) is 0 Å². The van der Waals surface area contributed by atoms with Crippen molar-refractivity contribution in [3.63, 3.8) is 0 Å². The minimum absolute atomic E-state index is 0.169. The number of hydrogen-bond donors (Lipinski definition) is 0. The van der Waals surface area contributed by atoms with Crippen molar-refractivity contribution in [3.05, 3.63) is 34.1 Å². The van der Waals surface area contributed by atoms with Gasteiger partial charge >= 0.3 is 0 Å². The smallest absolute Gasteiger partial charge is 0.257 e. The van der Waals surface area contributed by atoms with Crippen LogP contribution < -0.4 is 0 Å². The number of carbonyl (C=O) groups is 1. The summed E-state index contributed by atoms with van der Waals surface area (Å²) in [5.74, 6) is -0.620. The fraction of sp³-hybridized carbons (Fsp3) is 0.533. The molecule has 0 radical (unpaired) electrons. The summed E-state index contributed by atoms with van der Waals surface area (Å²) in [6.07, 6.45) is 5.27. The molecule has 2 rings (SSSR count). The molecule has 4 heteroatoms. The molecule has 1 atom stereocenters. The molecule has 1 aromatic carbocycles. The van der Waals surface area contributed by atoms with Crippen LogP contribution in [0.3, 0.4) is 0 Å².